The van der Waals surface area contributed by atoms with Crippen LogP contribution in [0.5, 0.6) is 0 Å². The van der Waals surface area contributed by atoms with E-state index in [4.69, 9.17) is 0 Å². The fourth-order valence-electron chi connectivity index (χ4n) is 10.3. The maximum absolute atomic E-state index is 3.04. The van der Waals surface area contributed by atoms with Crippen LogP contribution in [-0.2, 0) is 16.8 Å². The van der Waals surface area contributed by atoms with Crippen LogP contribution in [-0.4, -0.2) is 59.8 Å². The molecule has 294 valence electrons. The van der Waals surface area contributed by atoms with Crippen LogP contribution >= 0.6 is 0 Å². The van der Waals surface area contributed by atoms with Crippen molar-refractivity contribution in [2.45, 2.75) is 233 Å². The van der Waals surface area contributed by atoms with E-state index < -0.39 is 59.8 Å². The summed E-state index contributed by atoms with van der Waals surface area (Å²) in [4.78, 5) is 0. The molecule has 2 fully saturated rings. The molecule has 9 heteroatoms. The standard InChI is InChI=1S/C36H84Si8.C5H5.Co/c1-29(2,3)41(25,30(4,5)6)37-38(42(26,31(7,8)9)32(10,11)12)40(44(28,35(19,20)21)36(22,23)24)39(37)43(27,33(13,14)15)34(16,17)18;1-2-4-5-3-1;/h1-28H3;1-5H;. The molecule has 2 aliphatic rings. The van der Waals surface area contributed by atoms with Crippen molar-refractivity contribution in [1.29, 1.82) is 0 Å². The van der Waals surface area contributed by atoms with Gasteiger partial charge in [-0.2, -0.15) is 0 Å². The van der Waals surface area contributed by atoms with Crippen molar-refractivity contribution < 1.29 is 16.8 Å². The fraction of sp³-hybridized carbons (Fsp3) is 0.878. The summed E-state index contributed by atoms with van der Waals surface area (Å²) in [5.74, 6) is 0. The van der Waals surface area contributed by atoms with Crippen molar-refractivity contribution in [3.63, 3.8) is 0 Å². The van der Waals surface area contributed by atoms with Gasteiger partial charge in [-0.1, -0.05) is 192 Å². The van der Waals surface area contributed by atoms with Gasteiger partial charge in [-0.3, -0.25) is 0 Å². The second kappa shape index (κ2) is 15.5. The van der Waals surface area contributed by atoms with Gasteiger partial charge >= 0.3 is 0 Å². The van der Waals surface area contributed by atoms with Gasteiger partial charge in [-0.05, 0) is 72.4 Å². The molecule has 50 heavy (non-hydrogen) atoms. The second-order valence-corrected chi connectivity index (χ2v) is 97.0. The van der Waals surface area contributed by atoms with Crippen molar-refractivity contribution in [2.75, 3.05) is 0 Å². The van der Waals surface area contributed by atoms with E-state index in [0.29, 0.717) is 40.3 Å². The molecule has 0 spiro atoms. The van der Waals surface area contributed by atoms with Crippen molar-refractivity contribution in [2.24, 2.45) is 0 Å². The Morgan fingerprint density at radius 3 is 0.380 bits per heavy atom. The van der Waals surface area contributed by atoms with Gasteiger partial charge in [0.2, 0.25) is 0 Å². The van der Waals surface area contributed by atoms with E-state index in [1.807, 2.05) is 32.1 Å². The molecule has 0 unspecified atom stereocenters. The van der Waals surface area contributed by atoms with Crippen molar-refractivity contribution in [3.05, 3.63) is 32.1 Å². The molecule has 0 aromatic rings. The zero-order valence-corrected chi connectivity index (χ0v) is 48.3. The molecule has 2 rings (SSSR count). The van der Waals surface area contributed by atoms with Crippen LogP contribution in [0.15, 0.2) is 0 Å². The van der Waals surface area contributed by atoms with Gasteiger partial charge in [0.05, 0.1) is 0 Å². The van der Waals surface area contributed by atoms with Gasteiger partial charge in [0.15, 0.2) is 0 Å². The summed E-state index contributed by atoms with van der Waals surface area (Å²) in [5, 5.41) is 3.53. The molecule has 0 atom stereocenters. The van der Waals surface area contributed by atoms with E-state index in [1.54, 1.807) is 0 Å². The Balaban J connectivity index is 0.00000365. The third-order valence-electron chi connectivity index (χ3n) is 15.6. The van der Waals surface area contributed by atoms with Gasteiger partial charge in [0.25, 0.3) is 0 Å². The molecule has 0 aromatic heterocycles. The molecular formula is C41H89CoSi8. The molecule has 1 aliphatic heterocycles. The first kappa shape index (κ1) is 52.2. The van der Waals surface area contributed by atoms with Crippen LogP contribution in [0.1, 0.15) is 166 Å². The maximum atomic E-state index is 3.04. The van der Waals surface area contributed by atoms with Crippen molar-refractivity contribution in [1.82, 2.24) is 0 Å². The molecule has 10 radical (unpaired) electrons. The summed E-state index contributed by atoms with van der Waals surface area (Å²) >= 11 is 0. The van der Waals surface area contributed by atoms with E-state index in [0.717, 1.165) is 0 Å². The average Bonchev–Trinajstić information content (AvgIpc) is 3.37. The van der Waals surface area contributed by atoms with Crippen LogP contribution in [0, 0.1) is 32.1 Å². The van der Waals surface area contributed by atoms with Gasteiger partial charge in [0.1, 0.15) is 0 Å². The molecule has 0 bridgehead atoms. The minimum absolute atomic E-state index is 0. The van der Waals surface area contributed by atoms with Crippen LogP contribution in [0.4, 0.5) is 0 Å². The Kier molecular flexibility index (Phi) is 16.2. The van der Waals surface area contributed by atoms with Crippen LogP contribution < -0.4 is 0 Å². The summed E-state index contributed by atoms with van der Waals surface area (Å²) in [7, 11) is -9.13. The van der Waals surface area contributed by atoms with Gasteiger partial charge in [0, 0.05) is 76.5 Å². The summed E-state index contributed by atoms with van der Waals surface area (Å²) in [6.07, 6.45) is 10.0. The van der Waals surface area contributed by atoms with Crippen LogP contribution in [0.25, 0.3) is 0 Å². The topological polar surface area (TPSA) is 0 Å². The molecule has 1 heterocycles. The van der Waals surface area contributed by atoms with Gasteiger partial charge in [-0.15, -0.1) is 0 Å². The average molecular weight is 866 g/mol. The first-order valence-corrected chi connectivity index (χ1v) is 43.7. The van der Waals surface area contributed by atoms with Crippen molar-refractivity contribution in [3.8, 4) is 0 Å². The number of rotatable bonds is 4. The van der Waals surface area contributed by atoms with E-state index in [-0.39, 0.29) is 16.8 Å². The smallest absolute Gasteiger partial charge is 0.0456 e. The number of hydrogen-bond acceptors (Lipinski definition) is 0. The number of hydrogen-bond donors (Lipinski definition) is 0. The molecule has 1 saturated carbocycles. The molecular weight excluding hydrogens is 776 g/mol. The molecule has 0 N–H and O–H groups in total. The molecule has 0 aromatic carbocycles. The second-order valence-electron chi connectivity index (χ2n) is 25.0. The zero-order valence-electron chi connectivity index (χ0n) is 39.2. The zero-order chi connectivity index (χ0) is 39.8. The molecule has 1 saturated heterocycles. The third kappa shape index (κ3) is 8.57. The molecule has 0 amide bonds. The minimum atomic E-state index is -1.76. The third-order valence-corrected chi connectivity index (χ3v) is 190. The fourth-order valence-corrected chi connectivity index (χ4v) is 353. The summed E-state index contributed by atoms with van der Waals surface area (Å²) in [5.41, 5.74) is 0. The predicted octanol–water partition coefficient (Wildman–Crippen LogP) is 14.3. The minimum Gasteiger partial charge on any atom is -0.0710 e. The molecule has 0 nitrogen and oxygen atoms in total. The molecule has 1 aliphatic carbocycles. The summed E-state index contributed by atoms with van der Waals surface area (Å²) < 4.78 is 0. The SMILES string of the molecule is CC(C)(C)[Si](C)([Si]1[Si]([Si](C)(C(C)(C)C)C(C)(C)C)[Si]([Si](C)(C(C)(C)C)C(C)(C)C)[Si]1[Si](C)(C(C)(C)C)C(C)(C)C)C(C)(C)C.[CH]1[CH][CH][CH][CH]1.[Co]. The summed E-state index contributed by atoms with van der Waals surface area (Å²) in [6, 6.07) is 0. The van der Waals surface area contributed by atoms with Crippen molar-refractivity contribution >= 4 is 59.8 Å². The Hall–Kier alpha value is 2.24. The monoisotopic (exact) mass is 864 g/mol. The van der Waals surface area contributed by atoms with Gasteiger partial charge < -0.3 is 0 Å². The Morgan fingerprint density at radius 1 is 0.240 bits per heavy atom. The van der Waals surface area contributed by atoms with Gasteiger partial charge in [-0.25, -0.2) is 0 Å². The first-order chi connectivity index (χ1) is 21.0. The largest absolute Gasteiger partial charge is 0.0710 e. The maximum Gasteiger partial charge on any atom is 0.0456 e. The normalized spacial score (nSPS) is 19.9. The Labute approximate surface area is 338 Å². The van der Waals surface area contributed by atoms with Crippen LogP contribution in [0.3, 0.4) is 0 Å². The Bertz CT molecular complexity index is 864. The predicted molar refractivity (Wildman–Crippen MR) is 249 cm³/mol. The van der Waals surface area contributed by atoms with E-state index in [2.05, 4.69) is 192 Å². The van der Waals surface area contributed by atoms with E-state index in [9.17, 15) is 0 Å². The Morgan fingerprint density at radius 2 is 0.320 bits per heavy atom. The first-order valence-electron chi connectivity index (χ1n) is 19.7. The van der Waals surface area contributed by atoms with E-state index in [1.165, 1.54) is 0 Å². The summed E-state index contributed by atoms with van der Waals surface area (Å²) in [6.45, 7) is 78.1. The quantitative estimate of drug-likeness (QED) is 0.247. The van der Waals surface area contributed by atoms with E-state index >= 15 is 0 Å². The van der Waals surface area contributed by atoms with Crippen LogP contribution in [0.2, 0.25) is 66.5 Å².